The number of thiophene rings is 1. The van der Waals surface area contributed by atoms with Gasteiger partial charge in [-0.3, -0.25) is 0 Å². The lowest BCUT2D eigenvalue weighted by Crippen LogP contribution is -2.11. The topological polar surface area (TPSA) is 26.0 Å². The molecular weight excluding hydrogens is 306 g/mol. The summed E-state index contributed by atoms with van der Waals surface area (Å²) in [5.74, 6) is 0. The van der Waals surface area contributed by atoms with Gasteiger partial charge in [0.05, 0.1) is 6.04 Å². The van der Waals surface area contributed by atoms with Crippen LogP contribution >= 0.6 is 38.9 Å². The molecule has 0 spiro atoms. The van der Waals surface area contributed by atoms with Gasteiger partial charge in [0.15, 0.2) is 0 Å². The summed E-state index contributed by atoms with van der Waals surface area (Å²) in [6.07, 6.45) is 0. The van der Waals surface area contributed by atoms with Crippen LogP contribution in [0.4, 0.5) is 0 Å². The van der Waals surface area contributed by atoms with Crippen molar-refractivity contribution in [3.8, 4) is 0 Å². The number of benzene rings is 1. The predicted molar refractivity (Wildman–Crippen MR) is 74.2 cm³/mol. The summed E-state index contributed by atoms with van der Waals surface area (Å²) in [4.78, 5) is 1.26. The molecule has 84 valence electrons. The van der Waals surface area contributed by atoms with Crippen molar-refractivity contribution in [2.45, 2.75) is 13.0 Å². The first-order chi connectivity index (χ1) is 7.58. The fraction of sp³-hybridized carbons (Fsp3) is 0.167. The number of hydrogen-bond donors (Lipinski definition) is 1. The first-order valence-corrected chi connectivity index (χ1v) is 6.88. The van der Waals surface area contributed by atoms with Gasteiger partial charge in [0.25, 0.3) is 0 Å². The summed E-state index contributed by atoms with van der Waals surface area (Å²) in [5.41, 5.74) is 8.27. The number of halogens is 2. The van der Waals surface area contributed by atoms with Crippen molar-refractivity contribution in [3.63, 3.8) is 0 Å². The molecule has 0 radical (unpaired) electrons. The lowest BCUT2D eigenvalue weighted by atomic mass is 10.0. The molecular formula is C12H11BrClNS. The highest BCUT2D eigenvalue weighted by Crippen LogP contribution is 2.31. The van der Waals surface area contributed by atoms with Gasteiger partial charge >= 0.3 is 0 Å². The third-order valence-electron chi connectivity index (χ3n) is 2.40. The zero-order valence-corrected chi connectivity index (χ0v) is 11.9. The maximum absolute atomic E-state index is 6.20. The minimum absolute atomic E-state index is 0.157. The van der Waals surface area contributed by atoms with Gasteiger partial charge in [-0.1, -0.05) is 27.5 Å². The van der Waals surface area contributed by atoms with Crippen LogP contribution in [0, 0.1) is 6.92 Å². The predicted octanol–water partition coefficient (Wildman–Crippen LogP) is 4.52. The van der Waals surface area contributed by atoms with Crippen LogP contribution in [0.15, 0.2) is 34.1 Å². The maximum Gasteiger partial charge on any atom is 0.0575 e. The molecule has 1 heterocycles. The minimum atomic E-state index is -0.157. The van der Waals surface area contributed by atoms with E-state index in [0.717, 1.165) is 15.6 Å². The van der Waals surface area contributed by atoms with Crippen LogP contribution in [0.25, 0.3) is 0 Å². The van der Waals surface area contributed by atoms with Crippen LogP contribution in [0.1, 0.15) is 22.0 Å². The van der Waals surface area contributed by atoms with E-state index in [1.807, 2.05) is 18.2 Å². The highest BCUT2D eigenvalue weighted by molar-refractivity contribution is 9.10. The maximum atomic E-state index is 6.20. The normalized spacial score (nSPS) is 12.8. The molecule has 2 aromatic rings. The molecule has 1 aromatic heterocycles. The van der Waals surface area contributed by atoms with Gasteiger partial charge in [-0.25, -0.2) is 0 Å². The van der Waals surface area contributed by atoms with Crippen molar-refractivity contribution >= 4 is 38.9 Å². The average Bonchev–Trinajstić information content (AvgIpc) is 2.67. The highest BCUT2D eigenvalue weighted by atomic mass is 79.9. The van der Waals surface area contributed by atoms with Crippen molar-refractivity contribution in [1.82, 2.24) is 0 Å². The number of hydrogen-bond acceptors (Lipinski definition) is 2. The van der Waals surface area contributed by atoms with Crippen molar-refractivity contribution < 1.29 is 0 Å². The zero-order valence-electron chi connectivity index (χ0n) is 8.71. The molecule has 1 atom stereocenters. The minimum Gasteiger partial charge on any atom is -0.320 e. The molecule has 2 N–H and O–H groups in total. The van der Waals surface area contributed by atoms with Crippen molar-refractivity contribution in [2.24, 2.45) is 5.73 Å². The molecule has 0 aliphatic rings. The van der Waals surface area contributed by atoms with E-state index in [4.69, 9.17) is 17.3 Å². The van der Waals surface area contributed by atoms with Gasteiger partial charge in [0.1, 0.15) is 0 Å². The third-order valence-corrected chi connectivity index (χ3v) is 4.12. The van der Waals surface area contributed by atoms with E-state index in [2.05, 4.69) is 34.3 Å². The summed E-state index contributed by atoms with van der Waals surface area (Å²) < 4.78 is 0.995. The molecule has 1 unspecified atom stereocenters. The second-order valence-corrected chi connectivity index (χ2v) is 6.07. The first-order valence-electron chi connectivity index (χ1n) is 4.83. The molecule has 1 aromatic carbocycles. The molecule has 0 saturated carbocycles. The Kier molecular flexibility index (Phi) is 3.70. The smallest absolute Gasteiger partial charge is 0.0575 e. The van der Waals surface area contributed by atoms with Gasteiger partial charge < -0.3 is 5.73 Å². The molecule has 0 amide bonds. The van der Waals surface area contributed by atoms with Crippen LogP contribution in [0.5, 0.6) is 0 Å². The van der Waals surface area contributed by atoms with Crippen LogP contribution in [-0.4, -0.2) is 0 Å². The first kappa shape index (κ1) is 12.1. The summed E-state index contributed by atoms with van der Waals surface area (Å²) in [5, 5.41) is 2.79. The molecule has 0 fully saturated rings. The Balaban J connectivity index is 2.40. The summed E-state index contributed by atoms with van der Waals surface area (Å²) in [6.45, 7) is 2.07. The Morgan fingerprint density at radius 1 is 1.38 bits per heavy atom. The van der Waals surface area contributed by atoms with Crippen LogP contribution in [0.3, 0.4) is 0 Å². The van der Waals surface area contributed by atoms with E-state index in [-0.39, 0.29) is 6.04 Å². The molecule has 0 aliphatic heterocycles. The van der Waals surface area contributed by atoms with Crippen molar-refractivity contribution in [3.05, 3.63) is 55.1 Å². The summed E-state index contributed by atoms with van der Waals surface area (Å²) in [6, 6.07) is 7.69. The molecule has 2 rings (SSSR count). The second kappa shape index (κ2) is 4.88. The van der Waals surface area contributed by atoms with Crippen molar-refractivity contribution in [2.75, 3.05) is 0 Å². The molecule has 0 saturated heterocycles. The lowest BCUT2D eigenvalue weighted by molar-refractivity contribution is 0.875. The number of nitrogens with two attached hydrogens (primary N) is 1. The summed E-state index contributed by atoms with van der Waals surface area (Å²) >= 11 is 11.3. The van der Waals surface area contributed by atoms with Gasteiger partial charge in [0, 0.05) is 14.4 Å². The monoisotopic (exact) mass is 315 g/mol. The van der Waals surface area contributed by atoms with Crippen LogP contribution in [-0.2, 0) is 0 Å². The van der Waals surface area contributed by atoms with E-state index >= 15 is 0 Å². The van der Waals surface area contributed by atoms with Gasteiger partial charge in [-0.2, -0.15) is 0 Å². The molecule has 4 heteroatoms. The molecule has 0 aliphatic carbocycles. The fourth-order valence-corrected chi connectivity index (χ4v) is 2.91. The number of rotatable bonds is 2. The number of aryl methyl sites for hydroxylation is 1. The largest absolute Gasteiger partial charge is 0.320 e. The highest BCUT2D eigenvalue weighted by Gasteiger charge is 2.13. The molecule has 1 nitrogen and oxygen atoms in total. The Morgan fingerprint density at radius 2 is 2.12 bits per heavy atom. The van der Waals surface area contributed by atoms with E-state index in [9.17, 15) is 0 Å². The van der Waals surface area contributed by atoms with Crippen LogP contribution < -0.4 is 5.73 Å². The SMILES string of the molecule is Cc1cc(C(N)c2cc(Br)ccc2Cl)cs1. The Labute approximate surface area is 112 Å². The van der Waals surface area contributed by atoms with E-state index in [1.165, 1.54) is 4.88 Å². The Hall–Kier alpha value is -0.350. The van der Waals surface area contributed by atoms with E-state index in [0.29, 0.717) is 5.02 Å². The average molecular weight is 317 g/mol. The second-order valence-electron chi connectivity index (χ2n) is 3.63. The van der Waals surface area contributed by atoms with Gasteiger partial charge in [-0.05, 0) is 47.7 Å². The lowest BCUT2D eigenvalue weighted by Gasteiger charge is -2.12. The Bertz CT molecular complexity index is 509. The standard InChI is InChI=1S/C12H11BrClNS/c1-7-4-8(6-16-7)12(15)10-5-9(13)2-3-11(10)14/h2-6,12H,15H2,1H3. The molecule has 0 bridgehead atoms. The Morgan fingerprint density at radius 3 is 2.75 bits per heavy atom. The van der Waals surface area contributed by atoms with Gasteiger partial charge in [0.2, 0.25) is 0 Å². The van der Waals surface area contributed by atoms with E-state index in [1.54, 1.807) is 11.3 Å². The van der Waals surface area contributed by atoms with E-state index < -0.39 is 0 Å². The third kappa shape index (κ3) is 2.48. The fourth-order valence-electron chi connectivity index (χ4n) is 1.56. The zero-order chi connectivity index (χ0) is 11.7. The quantitative estimate of drug-likeness (QED) is 0.866. The van der Waals surface area contributed by atoms with Gasteiger partial charge in [-0.15, -0.1) is 11.3 Å². The summed E-state index contributed by atoms with van der Waals surface area (Å²) in [7, 11) is 0. The molecule has 16 heavy (non-hydrogen) atoms. The van der Waals surface area contributed by atoms with Crippen molar-refractivity contribution in [1.29, 1.82) is 0 Å². The van der Waals surface area contributed by atoms with Crippen LogP contribution in [0.2, 0.25) is 5.02 Å².